The summed E-state index contributed by atoms with van der Waals surface area (Å²) in [6.07, 6.45) is 6.32. The molecular weight excluding hydrogens is 251 g/mol. The fraction of sp³-hybridized carbons (Fsp3) is 0.647. The van der Waals surface area contributed by atoms with Crippen LogP contribution in [-0.2, 0) is 6.42 Å². The minimum Gasteiger partial charge on any atom is -0.317 e. The van der Waals surface area contributed by atoms with E-state index in [2.05, 4.69) is 17.3 Å². The first kappa shape index (κ1) is 14.0. The van der Waals surface area contributed by atoms with Gasteiger partial charge in [-0.2, -0.15) is 0 Å². The lowest BCUT2D eigenvalue weighted by molar-refractivity contribution is 0.121. The second-order valence-corrected chi connectivity index (χ2v) is 6.40. The maximum absolute atomic E-state index is 13.1. The molecule has 0 spiro atoms. The van der Waals surface area contributed by atoms with Crippen LogP contribution in [0.3, 0.4) is 0 Å². The summed E-state index contributed by atoms with van der Waals surface area (Å²) in [6, 6.07) is 7.41. The highest BCUT2D eigenvalue weighted by atomic mass is 19.1. The van der Waals surface area contributed by atoms with Crippen LogP contribution in [0.1, 0.15) is 36.8 Å². The first-order chi connectivity index (χ1) is 9.67. The Labute approximate surface area is 121 Å². The van der Waals surface area contributed by atoms with Crippen LogP contribution in [0.5, 0.6) is 0 Å². The first-order valence-corrected chi connectivity index (χ1v) is 7.85. The molecule has 2 aliphatic heterocycles. The third-order valence-electron chi connectivity index (χ3n) is 5.24. The van der Waals surface area contributed by atoms with Crippen LogP contribution in [0, 0.1) is 12.7 Å². The zero-order valence-corrected chi connectivity index (χ0v) is 12.5. The van der Waals surface area contributed by atoms with Gasteiger partial charge in [-0.1, -0.05) is 6.07 Å². The van der Waals surface area contributed by atoms with E-state index in [0.717, 1.165) is 30.6 Å². The van der Waals surface area contributed by atoms with E-state index in [-0.39, 0.29) is 5.82 Å². The molecule has 2 saturated heterocycles. The molecule has 3 heteroatoms. The molecule has 0 aromatic heterocycles. The Kier molecular flexibility index (Phi) is 4.08. The lowest BCUT2D eigenvalue weighted by Gasteiger charge is -2.39. The van der Waals surface area contributed by atoms with Crippen LogP contribution in [0.4, 0.5) is 4.39 Å². The second-order valence-electron chi connectivity index (χ2n) is 6.40. The monoisotopic (exact) mass is 276 g/mol. The molecule has 110 valence electrons. The molecule has 1 aromatic rings. The van der Waals surface area contributed by atoms with Crippen molar-refractivity contribution in [3.63, 3.8) is 0 Å². The fourth-order valence-corrected chi connectivity index (χ4v) is 4.06. The van der Waals surface area contributed by atoms with E-state index in [1.54, 1.807) is 12.1 Å². The number of nitrogens with zero attached hydrogens (tertiary/aromatic N) is 1. The molecule has 1 aromatic carbocycles. The zero-order valence-electron chi connectivity index (χ0n) is 12.5. The van der Waals surface area contributed by atoms with E-state index in [1.807, 2.05) is 13.0 Å². The summed E-state index contributed by atoms with van der Waals surface area (Å²) in [5.74, 6) is -0.124. The van der Waals surface area contributed by atoms with Crippen LogP contribution < -0.4 is 5.32 Å². The van der Waals surface area contributed by atoms with E-state index >= 15 is 0 Å². The van der Waals surface area contributed by atoms with E-state index in [0.29, 0.717) is 6.04 Å². The average Bonchev–Trinajstić information content (AvgIpc) is 2.68. The van der Waals surface area contributed by atoms with Crippen molar-refractivity contribution in [3.05, 3.63) is 35.1 Å². The van der Waals surface area contributed by atoms with Gasteiger partial charge in [0.2, 0.25) is 0 Å². The maximum Gasteiger partial charge on any atom is 0.123 e. The van der Waals surface area contributed by atoms with Crippen molar-refractivity contribution in [2.24, 2.45) is 0 Å². The van der Waals surface area contributed by atoms with E-state index in [4.69, 9.17) is 0 Å². The molecule has 2 bridgehead atoms. The van der Waals surface area contributed by atoms with Crippen LogP contribution in [0.2, 0.25) is 0 Å². The highest BCUT2D eigenvalue weighted by Gasteiger charge is 2.39. The predicted molar refractivity (Wildman–Crippen MR) is 80.4 cm³/mol. The number of aryl methyl sites for hydroxylation is 1. The maximum atomic E-state index is 13.1. The Hall–Kier alpha value is -0.930. The Morgan fingerprint density at radius 2 is 1.95 bits per heavy atom. The molecule has 2 fully saturated rings. The van der Waals surface area contributed by atoms with Gasteiger partial charge in [-0.15, -0.1) is 0 Å². The molecule has 0 aliphatic carbocycles. The average molecular weight is 276 g/mol. The normalized spacial score (nSPS) is 29.9. The van der Waals surface area contributed by atoms with Crippen LogP contribution >= 0.6 is 0 Å². The lowest BCUT2D eigenvalue weighted by Crippen LogP contribution is -2.48. The summed E-state index contributed by atoms with van der Waals surface area (Å²) in [5.41, 5.74) is 2.38. The number of benzene rings is 1. The Morgan fingerprint density at radius 3 is 2.55 bits per heavy atom. The highest BCUT2D eigenvalue weighted by molar-refractivity contribution is 5.26. The van der Waals surface area contributed by atoms with Gasteiger partial charge in [-0.05, 0) is 69.3 Å². The molecule has 0 amide bonds. The molecule has 2 aliphatic rings. The molecule has 2 unspecified atom stereocenters. The Balaban J connectivity index is 1.62. The minimum atomic E-state index is -0.124. The molecule has 3 rings (SSSR count). The molecule has 2 nitrogen and oxygen atoms in total. The number of hydrogen-bond acceptors (Lipinski definition) is 2. The van der Waals surface area contributed by atoms with Gasteiger partial charge in [0.1, 0.15) is 5.82 Å². The molecule has 20 heavy (non-hydrogen) atoms. The molecule has 1 N–H and O–H groups in total. The zero-order chi connectivity index (χ0) is 14.1. The van der Waals surface area contributed by atoms with Crippen molar-refractivity contribution in [2.45, 2.75) is 57.2 Å². The van der Waals surface area contributed by atoms with Gasteiger partial charge in [0.25, 0.3) is 0 Å². The van der Waals surface area contributed by atoms with Gasteiger partial charge in [0.05, 0.1) is 0 Å². The van der Waals surface area contributed by atoms with Crippen LogP contribution in [0.15, 0.2) is 18.2 Å². The van der Waals surface area contributed by atoms with Gasteiger partial charge in [-0.3, -0.25) is 4.90 Å². The summed E-state index contributed by atoms with van der Waals surface area (Å²) in [7, 11) is 2.08. The smallest absolute Gasteiger partial charge is 0.123 e. The summed E-state index contributed by atoms with van der Waals surface area (Å²) in [6.45, 7) is 3.14. The van der Waals surface area contributed by atoms with Crippen molar-refractivity contribution < 1.29 is 4.39 Å². The van der Waals surface area contributed by atoms with Gasteiger partial charge in [0, 0.05) is 24.7 Å². The van der Waals surface area contributed by atoms with E-state index < -0.39 is 0 Å². The summed E-state index contributed by atoms with van der Waals surface area (Å²) < 4.78 is 13.1. The highest BCUT2D eigenvalue weighted by Crippen LogP contribution is 2.35. The Morgan fingerprint density at radius 1 is 1.25 bits per heavy atom. The molecule has 2 heterocycles. The lowest BCUT2D eigenvalue weighted by atomic mass is 9.96. The van der Waals surface area contributed by atoms with E-state index in [9.17, 15) is 4.39 Å². The van der Waals surface area contributed by atoms with Crippen molar-refractivity contribution in [2.75, 3.05) is 13.6 Å². The quantitative estimate of drug-likeness (QED) is 0.909. The molecule has 2 atom stereocenters. The standard InChI is InChI=1S/C17H25FN2/c1-12-9-14(18)4-3-13(12)7-8-20-16-5-6-17(20)11-15(10-16)19-2/h3-4,9,15-17,19H,5-8,10-11H2,1-2H3. The second kappa shape index (κ2) is 5.82. The van der Waals surface area contributed by atoms with Crippen LogP contribution in [-0.4, -0.2) is 36.6 Å². The fourth-order valence-electron chi connectivity index (χ4n) is 4.06. The van der Waals surface area contributed by atoms with Crippen molar-refractivity contribution in [1.82, 2.24) is 10.2 Å². The van der Waals surface area contributed by atoms with Gasteiger partial charge in [0.15, 0.2) is 0 Å². The van der Waals surface area contributed by atoms with Crippen LogP contribution in [0.25, 0.3) is 0 Å². The summed E-state index contributed by atoms with van der Waals surface area (Å²) in [4.78, 5) is 2.70. The SMILES string of the molecule is CNC1CC2CCC(C1)N2CCc1ccc(F)cc1C. The third-order valence-corrected chi connectivity index (χ3v) is 5.24. The number of piperidine rings is 1. The molecule has 0 saturated carbocycles. The largest absolute Gasteiger partial charge is 0.317 e. The Bertz CT molecular complexity index is 460. The number of fused-ring (bicyclic) bond motifs is 2. The summed E-state index contributed by atoms with van der Waals surface area (Å²) in [5, 5.41) is 3.45. The third kappa shape index (κ3) is 2.75. The molecule has 0 radical (unpaired) electrons. The van der Waals surface area contributed by atoms with Crippen molar-refractivity contribution in [1.29, 1.82) is 0 Å². The van der Waals surface area contributed by atoms with Gasteiger partial charge < -0.3 is 5.32 Å². The topological polar surface area (TPSA) is 15.3 Å². The first-order valence-electron chi connectivity index (χ1n) is 7.85. The van der Waals surface area contributed by atoms with Gasteiger partial charge >= 0.3 is 0 Å². The van der Waals surface area contributed by atoms with Gasteiger partial charge in [-0.25, -0.2) is 4.39 Å². The minimum absolute atomic E-state index is 0.124. The number of hydrogen-bond donors (Lipinski definition) is 1. The van der Waals surface area contributed by atoms with E-state index in [1.165, 1.54) is 31.2 Å². The summed E-state index contributed by atoms with van der Waals surface area (Å²) >= 11 is 0. The molecular formula is C17H25FN2. The predicted octanol–water partition coefficient (Wildman–Crippen LogP) is 2.89. The number of rotatable bonds is 4. The van der Waals surface area contributed by atoms with Crippen molar-refractivity contribution in [3.8, 4) is 0 Å². The van der Waals surface area contributed by atoms with Crippen molar-refractivity contribution >= 4 is 0 Å². The number of halogens is 1. The number of nitrogens with one attached hydrogen (secondary N) is 1.